The maximum atomic E-state index is 5.65. The van der Waals surface area contributed by atoms with Crippen molar-refractivity contribution in [3.8, 4) is 5.75 Å². The number of nitrogens with zero attached hydrogens (tertiary/aromatic N) is 1. The minimum absolute atomic E-state index is 0.617. The Kier molecular flexibility index (Phi) is 5.73. The summed E-state index contributed by atoms with van der Waals surface area (Å²) in [5.74, 6) is 1.70. The number of ether oxygens (including phenoxy) is 1. The highest BCUT2D eigenvalue weighted by Crippen LogP contribution is 2.21. The highest BCUT2D eigenvalue weighted by molar-refractivity contribution is 7.80. The summed E-state index contributed by atoms with van der Waals surface area (Å²) in [4.78, 5) is 3.41. The van der Waals surface area contributed by atoms with Crippen LogP contribution in [0.4, 0.5) is 5.69 Å². The highest BCUT2D eigenvalue weighted by atomic mass is 32.1. The molecule has 0 amide bonds. The van der Waals surface area contributed by atoms with Gasteiger partial charge in [-0.05, 0) is 72.5 Å². The Morgan fingerprint density at radius 2 is 2.00 bits per heavy atom. The summed E-state index contributed by atoms with van der Waals surface area (Å²) in [6.45, 7) is 3.48. The van der Waals surface area contributed by atoms with Gasteiger partial charge in [-0.2, -0.15) is 0 Å². The fraction of sp³-hybridized carbons (Fsp3) is 0.211. The Labute approximate surface area is 157 Å². The number of methoxy groups -OCH3 is 1. The van der Waals surface area contributed by atoms with Gasteiger partial charge < -0.3 is 19.4 Å². The lowest BCUT2D eigenvalue weighted by Gasteiger charge is -2.25. The quantitative estimate of drug-likeness (QED) is 0.612. The van der Waals surface area contributed by atoms with Crippen LogP contribution in [0.3, 0.4) is 0 Å². The van der Waals surface area contributed by atoms with Crippen LogP contribution in [0.15, 0.2) is 58.5 Å². The van der Waals surface area contributed by atoms with Gasteiger partial charge in [0.25, 0.3) is 0 Å². The van der Waals surface area contributed by atoms with E-state index in [0.29, 0.717) is 11.7 Å². The lowest BCUT2D eigenvalue weighted by molar-refractivity contribution is 0.362. The Morgan fingerprint density at radius 3 is 2.60 bits per heavy atom. The summed E-state index contributed by atoms with van der Waals surface area (Å²) < 4.78 is 10.7. The largest absolute Gasteiger partial charge is 0.497 e. The molecule has 25 heavy (non-hydrogen) atoms. The number of furan rings is 1. The van der Waals surface area contributed by atoms with Crippen molar-refractivity contribution in [2.75, 3.05) is 12.4 Å². The third kappa shape index (κ3) is 4.61. The van der Waals surface area contributed by atoms with E-state index in [1.165, 1.54) is 10.4 Å². The molecule has 3 aromatic rings. The van der Waals surface area contributed by atoms with E-state index < -0.39 is 0 Å². The van der Waals surface area contributed by atoms with Gasteiger partial charge in [0.2, 0.25) is 0 Å². The Bertz CT molecular complexity index is 810. The second-order valence-electron chi connectivity index (χ2n) is 5.62. The summed E-state index contributed by atoms with van der Waals surface area (Å²) >= 11 is 7.40. The first-order valence-corrected chi connectivity index (χ1v) is 9.20. The summed E-state index contributed by atoms with van der Waals surface area (Å²) in [5.41, 5.74) is 2.21. The molecule has 0 atom stereocenters. The van der Waals surface area contributed by atoms with E-state index in [4.69, 9.17) is 21.4 Å². The molecule has 0 aliphatic heterocycles. The van der Waals surface area contributed by atoms with Gasteiger partial charge in [0.1, 0.15) is 11.5 Å². The minimum atomic E-state index is 0.617. The average molecular weight is 373 g/mol. The van der Waals surface area contributed by atoms with Gasteiger partial charge in [-0.1, -0.05) is 0 Å². The maximum Gasteiger partial charge on any atom is 0.174 e. The van der Waals surface area contributed by atoms with E-state index in [1.807, 2.05) is 36.4 Å². The lowest BCUT2D eigenvalue weighted by Crippen LogP contribution is -2.33. The van der Waals surface area contributed by atoms with Crippen molar-refractivity contribution >= 4 is 34.4 Å². The van der Waals surface area contributed by atoms with E-state index in [2.05, 4.69) is 28.6 Å². The number of hydrogen-bond donors (Lipinski definition) is 1. The second-order valence-corrected chi connectivity index (χ2v) is 7.01. The molecule has 2 aromatic heterocycles. The summed E-state index contributed by atoms with van der Waals surface area (Å²) in [6.07, 6.45) is 1.68. The Hall–Kier alpha value is -2.31. The minimum Gasteiger partial charge on any atom is -0.497 e. The molecule has 4 nitrogen and oxygen atoms in total. The average Bonchev–Trinajstić information content (AvgIpc) is 3.27. The molecule has 0 bridgehead atoms. The first kappa shape index (κ1) is 17.5. The van der Waals surface area contributed by atoms with Crippen LogP contribution >= 0.6 is 23.6 Å². The van der Waals surface area contributed by atoms with Crippen LogP contribution in [0.25, 0.3) is 0 Å². The molecule has 0 spiro atoms. The molecule has 0 aliphatic rings. The van der Waals surface area contributed by atoms with Crippen LogP contribution in [-0.2, 0) is 13.1 Å². The maximum absolute atomic E-state index is 5.65. The number of hydrogen-bond acceptors (Lipinski definition) is 4. The van der Waals surface area contributed by atoms with Gasteiger partial charge in [0.15, 0.2) is 5.11 Å². The molecule has 0 saturated carbocycles. The number of anilines is 1. The highest BCUT2D eigenvalue weighted by Gasteiger charge is 2.15. The number of thiocarbonyl (C=S) groups is 1. The SMILES string of the molecule is COc1ccc(NC(=S)N(Cc2ccco2)Cc2sccc2C)cc1. The van der Waals surface area contributed by atoms with Gasteiger partial charge >= 0.3 is 0 Å². The van der Waals surface area contributed by atoms with Crippen LogP contribution in [-0.4, -0.2) is 17.1 Å². The van der Waals surface area contributed by atoms with E-state index in [-0.39, 0.29) is 0 Å². The standard InChI is InChI=1S/C19H20N2O2S2/c1-14-9-11-25-18(14)13-21(12-17-4-3-10-23-17)19(24)20-15-5-7-16(22-2)8-6-15/h3-11H,12-13H2,1-2H3,(H,20,24). The van der Waals surface area contributed by atoms with E-state index >= 15 is 0 Å². The molecule has 6 heteroatoms. The zero-order chi connectivity index (χ0) is 17.6. The summed E-state index contributed by atoms with van der Waals surface area (Å²) in [6, 6.07) is 13.7. The number of nitrogens with one attached hydrogen (secondary N) is 1. The van der Waals surface area contributed by atoms with Gasteiger partial charge in [-0.25, -0.2) is 0 Å². The van der Waals surface area contributed by atoms with Crippen molar-refractivity contribution in [1.29, 1.82) is 0 Å². The summed E-state index contributed by atoms with van der Waals surface area (Å²) in [5, 5.41) is 6.07. The normalized spacial score (nSPS) is 10.5. The van der Waals surface area contributed by atoms with E-state index in [1.54, 1.807) is 24.7 Å². The van der Waals surface area contributed by atoms with Gasteiger partial charge in [-0.3, -0.25) is 0 Å². The molecule has 1 N–H and O–H groups in total. The molecule has 0 aliphatic carbocycles. The Morgan fingerprint density at radius 1 is 1.20 bits per heavy atom. The van der Waals surface area contributed by atoms with Crippen LogP contribution in [0.5, 0.6) is 5.75 Å². The fourth-order valence-electron chi connectivity index (χ4n) is 2.41. The molecular weight excluding hydrogens is 352 g/mol. The smallest absolute Gasteiger partial charge is 0.174 e. The van der Waals surface area contributed by atoms with Crippen molar-refractivity contribution in [1.82, 2.24) is 4.90 Å². The molecule has 0 unspecified atom stereocenters. The number of aryl methyl sites for hydroxylation is 1. The first-order chi connectivity index (χ1) is 12.2. The van der Waals surface area contributed by atoms with Crippen molar-refractivity contribution in [3.05, 3.63) is 70.3 Å². The molecule has 1 aromatic carbocycles. The van der Waals surface area contributed by atoms with Crippen LogP contribution in [0.1, 0.15) is 16.2 Å². The first-order valence-electron chi connectivity index (χ1n) is 7.91. The third-order valence-corrected chi connectivity index (χ3v) is 5.23. The molecule has 2 heterocycles. The number of thiophene rings is 1. The van der Waals surface area contributed by atoms with Crippen LogP contribution in [0, 0.1) is 6.92 Å². The fourth-order valence-corrected chi connectivity index (χ4v) is 3.57. The second kappa shape index (κ2) is 8.18. The molecule has 0 saturated heterocycles. The van der Waals surface area contributed by atoms with Gasteiger partial charge in [0.05, 0.1) is 26.5 Å². The van der Waals surface area contributed by atoms with E-state index in [0.717, 1.165) is 23.7 Å². The van der Waals surface area contributed by atoms with Gasteiger partial charge in [0, 0.05) is 10.6 Å². The molecular formula is C19H20N2O2S2. The van der Waals surface area contributed by atoms with Crippen molar-refractivity contribution < 1.29 is 9.15 Å². The van der Waals surface area contributed by atoms with Crippen molar-refractivity contribution in [2.24, 2.45) is 0 Å². The summed E-state index contributed by atoms with van der Waals surface area (Å²) in [7, 11) is 1.65. The van der Waals surface area contributed by atoms with Crippen LogP contribution < -0.4 is 10.1 Å². The number of benzene rings is 1. The zero-order valence-electron chi connectivity index (χ0n) is 14.2. The zero-order valence-corrected chi connectivity index (χ0v) is 15.8. The number of rotatable bonds is 6. The van der Waals surface area contributed by atoms with Crippen molar-refractivity contribution in [3.63, 3.8) is 0 Å². The third-order valence-electron chi connectivity index (χ3n) is 3.86. The van der Waals surface area contributed by atoms with Gasteiger partial charge in [-0.15, -0.1) is 11.3 Å². The Balaban J connectivity index is 1.74. The topological polar surface area (TPSA) is 37.6 Å². The monoisotopic (exact) mass is 372 g/mol. The molecule has 0 fully saturated rings. The molecule has 3 rings (SSSR count). The predicted octanol–water partition coefficient (Wildman–Crippen LogP) is 5.06. The molecule has 130 valence electrons. The molecule has 0 radical (unpaired) electrons. The predicted molar refractivity (Wildman–Crippen MR) is 106 cm³/mol. The van der Waals surface area contributed by atoms with E-state index in [9.17, 15) is 0 Å². The van der Waals surface area contributed by atoms with Crippen molar-refractivity contribution in [2.45, 2.75) is 20.0 Å². The van der Waals surface area contributed by atoms with Crippen LogP contribution in [0.2, 0.25) is 0 Å². The lowest BCUT2D eigenvalue weighted by atomic mass is 10.2.